The first kappa shape index (κ1) is 15.6. The van der Waals surface area contributed by atoms with Crippen molar-refractivity contribution in [3.05, 3.63) is 55.2 Å². The van der Waals surface area contributed by atoms with Gasteiger partial charge in [0.2, 0.25) is 0 Å². The van der Waals surface area contributed by atoms with E-state index in [0.29, 0.717) is 25.7 Å². The minimum atomic E-state index is -4.55. The molecule has 0 unspecified atom stereocenters. The summed E-state index contributed by atoms with van der Waals surface area (Å²) in [7, 11) is 0. The van der Waals surface area contributed by atoms with Crippen molar-refractivity contribution in [1.29, 1.82) is 0 Å². The quantitative estimate of drug-likeness (QED) is 0.551. The van der Waals surface area contributed by atoms with E-state index in [1.54, 1.807) is 5.38 Å². The van der Waals surface area contributed by atoms with Crippen molar-refractivity contribution in [2.75, 3.05) is 0 Å². The molecule has 0 saturated heterocycles. The monoisotopic (exact) mass is 407 g/mol. The lowest BCUT2D eigenvalue weighted by Crippen LogP contribution is -2.07. The average molecular weight is 409 g/mol. The Morgan fingerprint density at radius 3 is 2.68 bits per heavy atom. The molecule has 0 aliphatic carbocycles. The number of hydrogen-bond donors (Lipinski definition) is 1. The second-order valence-corrected chi connectivity index (χ2v) is 6.65. The number of nitrogens with one attached hydrogen (secondary N) is 1. The van der Waals surface area contributed by atoms with Crippen LogP contribution >= 0.6 is 38.9 Å². The largest absolute Gasteiger partial charge is 0.417 e. The van der Waals surface area contributed by atoms with Crippen molar-refractivity contribution in [2.24, 2.45) is 0 Å². The highest BCUT2D eigenvalue weighted by molar-refractivity contribution is 9.10. The zero-order chi connectivity index (χ0) is 16.1. The normalized spacial score (nSPS) is 12.0. The van der Waals surface area contributed by atoms with Gasteiger partial charge in [0.05, 0.1) is 25.1 Å². The first-order chi connectivity index (χ1) is 10.3. The Morgan fingerprint density at radius 1 is 1.27 bits per heavy atom. The van der Waals surface area contributed by atoms with Gasteiger partial charge in [0.1, 0.15) is 0 Å². The first-order valence-electron chi connectivity index (χ1n) is 5.94. The Morgan fingerprint density at radius 2 is 2.00 bits per heavy atom. The van der Waals surface area contributed by atoms with Crippen LogP contribution in [0.4, 0.5) is 13.2 Å². The van der Waals surface area contributed by atoms with Crippen LogP contribution in [0.5, 0.6) is 0 Å². The Balaban J connectivity index is 2.30. The molecule has 0 saturated carbocycles. The molecule has 1 N–H and O–H groups in total. The fourth-order valence-corrected chi connectivity index (χ4v) is 3.95. The number of thiophene rings is 1. The van der Waals surface area contributed by atoms with Crippen LogP contribution < -0.4 is 5.56 Å². The van der Waals surface area contributed by atoms with E-state index in [1.165, 1.54) is 29.7 Å². The van der Waals surface area contributed by atoms with Crippen LogP contribution in [0.2, 0.25) is 5.02 Å². The van der Waals surface area contributed by atoms with Crippen molar-refractivity contribution >= 4 is 49.0 Å². The first-order valence-corrected chi connectivity index (χ1v) is 7.99. The summed E-state index contributed by atoms with van der Waals surface area (Å²) in [5.41, 5.74) is -0.522. The Bertz CT molecular complexity index is 932. The van der Waals surface area contributed by atoms with Crippen LogP contribution in [0.3, 0.4) is 0 Å². The summed E-state index contributed by atoms with van der Waals surface area (Å²) in [4.78, 5) is 14.6. The fourth-order valence-electron chi connectivity index (χ4n) is 2.15. The second kappa shape index (κ2) is 5.40. The van der Waals surface area contributed by atoms with Crippen LogP contribution in [-0.2, 0) is 6.18 Å². The Hall–Kier alpha value is -1.31. The summed E-state index contributed by atoms with van der Waals surface area (Å²) in [6, 6.07) is 3.62. The topological polar surface area (TPSA) is 32.9 Å². The number of fused-ring (bicyclic) bond motifs is 1. The van der Waals surface area contributed by atoms with Gasteiger partial charge in [0.15, 0.2) is 0 Å². The van der Waals surface area contributed by atoms with Crippen LogP contribution in [0.15, 0.2) is 39.0 Å². The summed E-state index contributed by atoms with van der Waals surface area (Å²) in [6.07, 6.45) is -3.04. The van der Waals surface area contributed by atoms with Crippen molar-refractivity contribution < 1.29 is 13.2 Å². The predicted octanol–water partition coefficient (Wildman–Crippen LogP) is 5.69. The second-order valence-electron chi connectivity index (χ2n) is 4.51. The molecule has 0 spiro atoms. The maximum atomic E-state index is 13.0. The third kappa shape index (κ3) is 2.57. The zero-order valence-corrected chi connectivity index (χ0v) is 13.8. The van der Waals surface area contributed by atoms with Crippen LogP contribution in [0.1, 0.15) is 5.56 Å². The van der Waals surface area contributed by atoms with Crippen molar-refractivity contribution in [3.63, 3.8) is 0 Å². The van der Waals surface area contributed by atoms with Gasteiger partial charge in [-0.05, 0) is 33.6 Å². The molecule has 114 valence electrons. The van der Waals surface area contributed by atoms with Gasteiger partial charge in [0.25, 0.3) is 5.56 Å². The molecule has 0 radical (unpaired) electrons. The molecule has 0 fully saturated rings. The molecule has 3 rings (SSSR count). The molecule has 3 aromatic rings. The molecule has 2 heterocycles. The van der Waals surface area contributed by atoms with Crippen molar-refractivity contribution in [3.8, 4) is 11.1 Å². The zero-order valence-electron chi connectivity index (χ0n) is 10.6. The van der Waals surface area contributed by atoms with Gasteiger partial charge in [-0.1, -0.05) is 17.7 Å². The number of pyridine rings is 1. The number of rotatable bonds is 1. The lowest BCUT2D eigenvalue weighted by molar-refractivity contribution is -0.137. The maximum Gasteiger partial charge on any atom is 0.417 e. The standard InChI is InChI=1S/C14H6BrClF3NOS/c15-9-4-20-13(21)11-7(5-22-12(9)11)6-1-2-10(16)8(3-6)14(17,18)19/h1-5H,(H,20,21). The number of H-pyrrole nitrogens is 1. The summed E-state index contributed by atoms with van der Waals surface area (Å²) < 4.78 is 40.3. The highest BCUT2D eigenvalue weighted by Gasteiger charge is 2.33. The number of alkyl halides is 3. The lowest BCUT2D eigenvalue weighted by atomic mass is 10.0. The van der Waals surface area contributed by atoms with Gasteiger partial charge in [-0.15, -0.1) is 11.3 Å². The molecule has 22 heavy (non-hydrogen) atoms. The molecule has 0 bridgehead atoms. The molecule has 2 aromatic heterocycles. The van der Waals surface area contributed by atoms with Gasteiger partial charge in [-0.3, -0.25) is 4.79 Å². The third-order valence-corrected chi connectivity index (χ3v) is 5.38. The van der Waals surface area contributed by atoms with Gasteiger partial charge in [0, 0.05) is 17.1 Å². The lowest BCUT2D eigenvalue weighted by Gasteiger charge is -2.10. The minimum Gasteiger partial charge on any atom is -0.327 e. The molecule has 1 aromatic carbocycles. The molecular formula is C14H6BrClF3NOS. The van der Waals surface area contributed by atoms with E-state index in [4.69, 9.17) is 11.6 Å². The highest BCUT2D eigenvalue weighted by Crippen LogP contribution is 2.40. The van der Waals surface area contributed by atoms with E-state index in [-0.39, 0.29) is 10.6 Å². The number of benzene rings is 1. The van der Waals surface area contributed by atoms with Gasteiger partial charge < -0.3 is 4.98 Å². The predicted molar refractivity (Wildman–Crippen MR) is 85.6 cm³/mol. The molecule has 0 amide bonds. The molecule has 0 aliphatic rings. The van der Waals surface area contributed by atoms with E-state index < -0.39 is 11.7 Å². The minimum absolute atomic E-state index is 0.298. The average Bonchev–Trinajstić information content (AvgIpc) is 2.88. The Labute approximate surface area is 139 Å². The van der Waals surface area contributed by atoms with Gasteiger partial charge >= 0.3 is 6.18 Å². The Kier molecular flexibility index (Phi) is 3.82. The molecular weight excluding hydrogens is 403 g/mol. The maximum absolute atomic E-state index is 13.0. The van der Waals surface area contributed by atoms with Crippen molar-refractivity contribution in [1.82, 2.24) is 4.98 Å². The van der Waals surface area contributed by atoms with E-state index >= 15 is 0 Å². The van der Waals surface area contributed by atoms with Crippen LogP contribution in [-0.4, -0.2) is 4.98 Å². The van der Waals surface area contributed by atoms with E-state index in [0.717, 1.165) is 6.07 Å². The number of hydrogen-bond acceptors (Lipinski definition) is 2. The number of aromatic nitrogens is 1. The summed E-state index contributed by atoms with van der Waals surface area (Å²) >= 11 is 10.2. The third-order valence-electron chi connectivity index (χ3n) is 3.15. The molecule has 0 aliphatic heterocycles. The summed E-state index contributed by atoms with van der Waals surface area (Å²) in [5.74, 6) is 0. The fraction of sp³-hybridized carbons (Fsp3) is 0.0714. The van der Waals surface area contributed by atoms with Crippen LogP contribution in [0, 0.1) is 0 Å². The van der Waals surface area contributed by atoms with Gasteiger partial charge in [-0.2, -0.15) is 13.2 Å². The molecule has 2 nitrogen and oxygen atoms in total. The summed E-state index contributed by atoms with van der Waals surface area (Å²) in [6.45, 7) is 0. The summed E-state index contributed by atoms with van der Waals surface area (Å²) in [5, 5.41) is 1.65. The molecule has 8 heteroatoms. The smallest absolute Gasteiger partial charge is 0.327 e. The van der Waals surface area contributed by atoms with Gasteiger partial charge in [-0.25, -0.2) is 0 Å². The SMILES string of the molecule is O=c1[nH]cc(Br)c2scc(-c3ccc(Cl)c(C(F)(F)F)c3)c12. The van der Waals surface area contributed by atoms with Crippen molar-refractivity contribution in [2.45, 2.75) is 6.18 Å². The highest BCUT2D eigenvalue weighted by atomic mass is 79.9. The number of aromatic amines is 1. The molecule has 0 atom stereocenters. The van der Waals surface area contributed by atoms with E-state index in [9.17, 15) is 18.0 Å². The number of halogens is 5. The van der Waals surface area contributed by atoms with E-state index in [2.05, 4.69) is 20.9 Å². The van der Waals surface area contributed by atoms with E-state index in [1.807, 2.05) is 0 Å². The van der Waals surface area contributed by atoms with Crippen LogP contribution in [0.25, 0.3) is 21.2 Å².